The molecule has 9 nitrogen and oxygen atoms in total. The minimum atomic E-state index is 0.0830. The van der Waals surface area contributed by atoms with Crippen molar-refractivity contribution in [1.82, 2.24) is 14.9 Å². The van der Waals surface area contributed by atoms with Crippen molar-refractivity contribution in [3.05, 3.63) is 41.1 Å². The van der Waals surface area contributed by atoms with Gasteiger partial charge < -0.3 is 25.3 Å². The Labute approximate surface area is 170 Å². The molecule has 29 heavy (non-hydrogen) atoms. The Morgan fingerprint density at radius 3 is 2.72 bits per heavy atom. The Morgan fingerprint density at radius 1 is 1.28 bits per heavy atom. The predicted molar refractivity (Wildman–Crippen MR) is 112 cm³/mol. The van der Waals surface area contributed by atoms with Gasteiger partial charge in [0.1, 0.15) is 29.6 Å². The van der Waals surface area contributed by atoms with E-state index in [1.807, 2.05) is 38.1 Å². The predicted octanol–water partition coefficient (Wildman–Crippen LogP) is 0.979. The Kier molecular flexibility index (Phi) is 6.84. The molecule has 1 aromatic heterocycles. The molecule has 0 amide bonds. The van der Waals surface area contributed by atoms with Crippen molar-refractivity contribution in [1.29, 1.82) is 0 Å². The Morgan fingerprint density at radius 2 is 2.03 bits per heavy atom. The summed E-state index contributed by atoms with van der Waals surface area (Å²) < 4.78 is 11.2. The molecule has 1 aromatic carbocycles. The van der Waals surface area contributed by atoms with Crippen LogP contribution in [0.5, 0.6) is 11.8 Å². The Hall–Kier alpha value is -2.91. The average molecular weight is 400 g/mol. The summed E-state index contributed by atoms with van der Waals surface area (Å²) in [5.74, 6) is 6.41. The third-order valence-electron chi connectivity index (χ3n) is 4.67. The van der Waals surface area contributed by atoms with Crippen LogP contribution in [0.3, 0.4) is 0 Å². The Balaban J connectivity index is 1.84. The van der Waals surface area contributed by atoms with E-state index in [2.05, 4.69) is 20.0 Å². The summed E-state index contributed by atoms with van der Waals surface area (Å²) in [6.07, 6.45) is 0. The summed E-state index contributed by atoms with van der Waals surface area (Å²) in [4.78, 5) is 13.1. The van der Waals surface area contributed by atoms with E-state index in [1.165, 1.54) is 0 Å². The lowest BCUT2D eigenvalue weighted by Gasteiger charge is -2.26. The molecule has 0 aliphatic carbocycles. The molecule has 0 radical (unpaired) electrons. The SMILES string of the molecule is Cc1ccc(O)c(C(=NN)c2cc(N(C)C)nc(OCCN3CCOCC3)n2)c1. The monoisotopic (exact) mass is 400 g/mol. The summed E-state index contributed by atoms with van der Waals surface area (Å²) in [6, 6.07) is 7.26. The summed E-state index contributed by atoms with van der Waals surface area (Å²) in [5.41, 5.74) is 2.33. The van der Waals surface area contributed by atoms with Crippen LogP contribution in [0, 0.1) is 6.92 Å². The van der Waals surface area contributed by atoms with Gasteiger partial charge >= 0.3 is 6.01 Å². The Bertz CT molecular complexity index is 865. The van der Waals surface area contributed by atoms with E-state index in [1.54, 1.807) is 12.1 Å². The van der Waals surface area contributed by atoms with Gasteiger partial charge in [-0.3, -0.25) is 4.90 Å². The second kappa shape index (κ2) is 9.53. The first-order valence-corrected chi connectivity index (χ1v) is 9.55. The molecule has 1 aliphatic rings. The van der Waals surface area contributed by atoms with Crippen molar-refractivity contribution in [3.8, 4) is 11.8 Å². The average Bonchev–Trinajstić information content (AvgIpc) is 2.72. The number of benzene rings is 1. The number of morpholine rings is 1. The highest BCUT2D eigenvalue weighted by Gasteiger charge is 2.18. The van der Waals surface area contributed by atoms with Crippen molar-refractivity contribution >= 4 is 11.5 Å². The summed E-state index contributed by atoms with van der Waals surface area (Å²) in [5, 5.41) is 14.2. The number of aromatic hydroxyl groups is 1. The van der Waals surface area contributed by atoms with E-state index in [0.29, 0.717) is 29.4 Å². The van der Waals surface area contributed by atoms with Crippen LogP contribution in [-0.4, -0.2) is 79.2 Å². The van der Waals surface area contributed by atoms with Crippen LogP contribution in [0.4, 0.5) is 5.82 Å². The van der Waals surface area contributed by atoms with Crippen molar-refractivity contribution in [3.63, 3.8) is 0 Å². The highest BCUT2D eigenvalue weighted by atomic mass is 16.5. The molecule has 0 unspecified atom stereocenters. The fourth-order valence-electron chi connectivity index (χ4n) is 3.03. The first kappa shape index (κ1) is 20.8. The molecular formula is C20H28N6O3. The molecule has 0 atom stereocenters. The van der Waals surface area contributed by atoms with Gasteiger partial charge in [0.15, 0.2) is 0 Å². The normalized spacial score (nSPS) is 15.3. The van der Waals surface area contributed by atoms with Crippen molar-refractivity contribution < 1.29 is 14.6 Å². The highest BCUT2D eigenvalue weighted by Crippen LogP contribution is 2.24. The van der Waals surface area contributed by atoms with E-state index >= 15 is 0 Å². The minimum absolute atomic E-state index is 0.0830. The number of ether oxygens (including phenoxy) is 2. The summed E-state index contributed by atoms with van der Waals surface area (Å²) in [6.45, 7) is 6.43. The van der Waals surface area contributed by atoms with Gasteiger partial charge in [0.2, 0.25) is 0 Å². The second-order valence-corrected chi connectivity index (χ2v) is 7.09. The molecular weight excluding hydrogens is 372 g/mol. The van der Waals surface area contributed by atoms with E-state index in [9.17, 15) is 5.11 Å². The lowest BCUT2D eigenvalue weighted by atomic mass is 10.0. The van der Waals surface area contributed by atoms with E-state index in [0.717, 1.165) is 38.4 Å². The number of phenolic OH excluding ortho intramolecular Hbond substituents is 1. The largest absolute Gasteiger partial charge is 0.507 e. The molecule has 1 fully saturated rings. The molecule has 1 saturated heterocycles. The lowest BCUT2D eigenvalue weighted by Crippen LogP contribution is -2.38. The van der Waals surface area contributed by atoms with Gasteiger partial charge in [-0.15, -0.1) is 0 Å². The minimum Gasteiger partial charge on any atom is -0.507 e. The zero-order valence-corrected chi connectivity index (χ0v) is 17.1. The van der Waals surface area contributed by atoms with Crippen molar-refractivity contribution in [2.75, 3.05) is 58.5 Å². The van der Waals surface area contributed by atoms with Gasteiger partial charge in [-0.05, 0) is 19.1 Å². The zero-order valence-electron chi connectivity index (χ0n) is 17.1. The number of anilines is 1. The zero-order chi connectivity index (χ0) is 20.8. The van der Waals surface area contributed by atoms with Gasteiger partial charge in [-0.2, -0.15) is 15.1 Å². The number of hydrazone groups is 1. The molecule has 0 bridgehead atoms. The third-order valence-corrected chi connectivity index (χ3v) is 4.67. The number of hydrogen-bond acceptors (Lipinski definition) is 9. The number of phenols is 1. The van der Waals surface area contributed by atoms with Crippen LogP contribution in [0.25, 0.3) is 0 Å². The van der Waals surface area contributed by atoms with Crippen LogP contribution in [0.2, 0.25) is 0 Å². The molecule has 9 heteroatoms. The number of aromatic nitrogens is 2. The van der Waals surface area contributed by atoms with E-state index in [4.69, 9.17) is 15.3 Å². The number of nitrogens with zero attached hydrogens (tertiary/aromatic N) is 5. The second-order valence-electron chi connectivity index (χ2n) is 7.09. The van der Waals surface area contributed by atoms with E-state index < -0.39 is 0 Å². The maximum absolute atomic E-state index is 10.3. The van der Waals surface area contributed by atoms with Gasteiger partial charge in [0.05, 0.1) is 13.2 Å². The molecule has 3 N–H and O–H groups in total. The smallest absolute Gasteiger partial charge is 0.319 e. The van der Waals surface area contributed by atoms with Crippen LogP contribution >= 0.6 is 0 Å². The van der Waals surface area contributed by atoms with Gasteiger partial charge in [-0.25, -0.2) is 0 Å². The lowest BCUT2D eigenvalue weighted by molar-refractivity contribution is 0.0317. The first-order chi connectivity index (χ1) is 14.0. The van der Waals surface area contributed by atoms with Gasteiger partial charge in [0, 0.05) is 45.4 Å². The van der Waals surface area contributed by atoms with Crippen LogP contribution in [-0.2, 0) is 4.74 Å². The number of nitrogens with two attached hydrogens (primary N) is 1. The van der Waals surface area contributed by atoms with Gasteiger partial charge in [-0.1, -0.05) is 11.6 Å². The summed E-state index contributed by atoms with van der Waals surface area (Å²) in [7, 11) is 3.76. The molecule has 0 saturated carbocycles. The first-order valence-electron chi connectivity index (χ1n) is 9.55. The standard InChI is InChI=1S/C20H28N6O3/c1-14-4-5-17(27)15(12-14)19(24-21)16-13-18(25(2)3)23-20(22-16)29-11-8-26-6-9-28-10-7-26/h4-5,12-13,27H,6-11,21H2,1-3H3. The maximum atomic E-state index is 10.3. The van der Waals surface area contributed by atoms with Crippen LogP contribution in [0.1, 0.15) is 16.8 Å². The van der Waals surface area contributed by atoms with Crippen molar-refractivity contribution in [2.45, 2.75) is 6.92 Å². The summed E-state index contributed by atoms with van der Waals surface area (Å²) >= 11 is 0. The number of rotatable bonds is 7. The molecule has 1 aliphatic heterocycles. The molecule has 2 heterocycles. The molecule has 156 valence electrons. The number of aryl methyl sites for hydroxylation is 1. The van der Waals surface area contributed by atoms with Gasteiger partial charge in [0.25, 0.3) is 0 Å². The van der Waals surface area contributed by atoms with Crippen molar-refractivity contribution in [2.24, 2.45) is 10.9 Å². The highest BCUT2D eigenvalue weighted by molar-refractivity contribution is 6.13. The molecule has 2 aromatic rings. The quantitative estimate of drug-likeness (QED) is 0.402. The fraction of sp³-hybridized carbons (Fsp3) is 0.450. The fourth-order valence-corrected chi connectivity index (χ4v) is 3.03. The topological polar surface area (TPSA) is 109 Å². The molecule has 0 spiro atoms. The molecule has 3 rings (SSSR count). The van der Waals surface area contributed by atoms with E-state index in [-0.39, 0.29) is 11.8 Å². The van der Waals surface area contributed by atoms with Crippen LogP contribution in [0.15, 0.2) is 29.4 Å². The number of hydrogen-bond donors (Lipinski definition) is 2. The maximum Gasteiger partial charge on any atom is 0.319 e. The third kappa shape index (κ3) is 5.33. The van der Waals surface area contributed by atoms with Crippen LogP contribution < -0.4 is 15.5 Å².